The van der Waals surface area contributed by atoms with Crippen LogP contribution in [-0.2, 0) is 6.54 Å². The van der Waals surface area contributed by atoms with Crippen molar-refractivity contribution < 1.29 is 8.78 Å². The summed E-state index contributed by atoms with van der Waals surface area (Å²) in [6.45, 7) is 2.22. The SMILES string of the molecule is Cc1cc(Br)cc(NCc2cc(F)ccc2F)c1. The van der Waals surface area contributed by atoms with Gasteiger partial charge in [0.2, 0.25) is 0 Å². The molecule has 0 saturated carbocycles. The highest BCUT2D eigenvalue weighted by Gasteiger charge is 2.04. The van der Waals surface area contributed by atoms with E-state index in [1.165, 1.54) is 6.07 Å². The smallest absolute Gasteiger partial charge is 0.128 e. The molecule has 2 aromatic carbocycles. The normalized spacial score (nSPS) is 10.4. The second kappa shape index (κ2) is 5.48. The summed E-state index contributed by atoms with van der Waals surface area (Å²) >= 11 is 3.39. The third-order valence-electron chi connectivity index (χ3n) is 2.53. The Bertz CT molecular complexity index is 549. The Balaban J connectivity index is 2.13. The lowest BCUT2D eigenvalue weighted by Gasteiger charge is -2.09. The third-order valence-corrected chi connectivity index (χ3v) is 2.99. The minimum Gasteiger partial charge on any atom is -0.381 e. The Morgan fingerprint density at radius 1 is 1.11 bits per heavy atom. The predicted molar refractivity (Wildman–Crippen MR) is 72.6 cm³/mol. The Morgan fingerprint density at radius 2 is 1.89 bits per heavy atom. The van der Waals surface area contributed by atoms with Crippen molar-refractivity contribution in [1.82, 2.24) is 0 Å². The maximum atomic E-state index is 13.4. The molecule has 2 aromatic rings. The van der Waals surface area contributed by atoms with E-state index >= 15 is 0 Å². The van der Waals surface area contributed by atoms with Crippen LogP contribution >= 0.6 is 15.9 Å². The summed E-state index contributed by atoms with van der Waals surface area (Å²) in [4.78, 5) is 0. The maximum absolute atomic E-state index is 13.4. The number of rotatable bonds is 3. The van der Waals surface area contributed by atoms with Gasteiger partial charge in [-0.2, -0.15) is 0 Å². The molecule has 0 aliphatic heterocycles. The zero-order chi connectivity index (χ0) is 13.1. The van der Waals surface area contributed by atoms with Crippen LogP contribution in [0.5, 0.6) is 0 Å². The first kappa shape index (κ1) is 13.0. The van der Waals surface area contributed by atoms with Gasteiger partial charge in [0.1, 0.15) is 11.6 Å². The molecule has 18 heavy (non-hydrogen) atoms. The summed E-state index contributed by atoms with van der Waals surface area (Å²) in [6.07, 6.45) is 0. The van der Waals surface area contributed by atoms with Crippen molar-refractivity contribution in [3.05, 3.63) is 63.6 Å². The molecule has 0 amide bonds. The van der Waals surface area contributed by atoms with E-state index in [0.717, 1.165) is 27.9 Å². The number of hydrogen-bond acceptors (Lipinski definition) is 1. The lowest BCUT2D eigenvalue weighted by Crippen LogP contribution is -2.02. The summed E-state index contributed by atoms with van der Waals surface area (Å²) in [6, 6.07) is 9.27. The van der Waals surface area contributed by atoms with Crippen LogP contribution in [0.15, 0.2) is 40.9 Å². The summed E-state index contributed by atoms with van der Waals surface area (Å²) in [7, 11) is 0. The van der Waals surface area contributed by atoms with E-state index in [0.29, 0.717) is 5.56 Å². The van der Waals surface area contributed by atoms with E-state index < -0.39 is 11.6 Å². The lowest BCUT2D eigenvalue weighted by molar-refractivity contribution is 0.587. The molecule has 0 bridgehead atoms. The van der Waals surface area contributed by atoms with Crippen LogP contribution < -0.4 is 5.32 Å². The van der Waals surface area contributed by atoms with E-state index in [1.54, 1.807) is 0 Å². The van der Waals surface area contributed by atoms with E-state index in [9.17, 15) is 8.78 Å². The standard InChI is InChI=1S/C14H12BrF2N/c1-9-4-11(15)7-13(5-9)18-8-10-6-12(16)2-3-14(10)17/h2-7,18H,8H2,1H3. The van der Waals surface area contributed by atoms with Gasteiger partial charge >= 0.3 is 0 Å². The van der Waals surface area contributed by atoms with Crippen LogP contribution in [0, 0.1) is 18.6 Å². The highest BCUT2D eigenvalue weighted by molar-refractivity contribution is 9.10. The van der Waals surface area contributed by atoms with Gasteiger partial charge in [-0.1, -0.05) is 15.9 Å². The second-order valence-corrected chi connectivity index (χ2v) is 5.02. The Hall–Kier alpha value is -1.42. The highest BCUT2D eigenvalue weighted by atomic mass is 79.9. The minimum atomic E-state index is -0.432. The molecule has 0 spiro atoms. The fourth-order valence-corrected chi connectivity index (χ4v) is 2.32. The average molecular weight is 312 g/mol. The molecule has 0 unspecified atom stereocenters. The number of anilines is 1. The molecule has 1 nitrogen and oxygen atoms in total. The monoisotopic (exact) mass is 311 g/mol. The molecule has 94 valence electrons. The molecular weight excluding hydrogens is 300 g/mol. The number of aryl methyl sites for hydroxylation is 1. The van der Waals surface area contributed by atoms with Crippen molar-refractivity contribution in [2.45, 2.75) is 13.5 Å². The van der Waals surface area contributed by atoms with Gasteiger partial charge in [-0.3, -0.25) is 0 Å². The van der Waals surface area contributed by atoms with Gasteiger partial charge in [-0.15, -0.1) is 0 Å². The molecule has 1 N–H and O–H groups in total. The lowest BCUT2D eigenvalue weighted by atomic mass is 10.2. The number of hydrogen-bond donors (Lipinski definition) is 1. The molecule has 2 rings (SSSR count). The van der Waals surface area contributed by atoms with Crippen molar-refractivity contribution >= 4 is 21.6 Å². The average Bonchev–Trinajstić information content (AvgIpc) is 2.29. The first-order valence-corrected chi connectivity index (χ1v) is 6.29. The zero-order valence-electron chi connectivity index (χ0n) is 9.81. The fourth-order valence-electron chi connectivity index (χ4n) is 1.71. The fraction of sp³-hybridized carbons (Fsp3) is 0.143. The minimum absolute atomic E-state index is 0.249. The molecule has 4 heteroatoms. The molecule has 0 aromatic heterocycles. The molecule has 0 atom stereocenters. The molecule has 0 aliphatic carbocycles. The van der Waals surface area contributed by atoms with Crippen LogP contribution in [0.25, 0.3) is 0 Å². The van der Waals surface area contributed by atoms with Crippen molar-refractivity contribution in [2.24, 2.45) is 0 Å². The van der Waals surface area contributed by atoms with Gasteiger partial charge in [0.25, 0.3) is 0 Å². The van der Waals surface area contributed by atoms with Crippen LogP contribution in [-0.4, -0.2) is 0 Å². The molecular formula is C14H12BrF2N. The van der Waals surface area contributed by atoms with E-state index in [-0.39, 0.29) is 6.54 Å². The first-order valence-electron chi connectivity index (χ1n) is 5.49. The highest BCUT2D eigenvalue weighted by Crippen LogP contribution is 2.20. The molecule has 0 saturated heterocycles. The molecule has 0 heterocycles. The zero-order valence-corrected chi connectivity index (χ0v) is 11.4. The van der Waals surface area contributed by atoms with Gasteiger partial charge in [0.05, 0.1) is 0 Å². The van der Waals surface area contributed by atoms with E-state index in [4.69, 9.17) is 0 Å². The van der Waals surface area contributed by atoms with Crippen molar-refractivity contribution in [3.8, 4) is 0 Å². The van der Waals surface area contributed by atoms with Gasteiger partial charge in [0.15, 0.2) is 0 Å². The van der Waals surface area contributed by atoms with Crippen LogP contribution in [0.1, 0.15) is 11.1 Å². The van der Waals surface area contributed by atoms with Gasteiger partial charge < -0.3 is 5.32 Å². The molecule has 0 fully saturated rings. The van der Waals surface area contributed by atoms with Crippen LogP contribution in [0.4, 0.5) is 14.5 Å². The van der Waals surface area contributed by atoms with E-state index in [2.05, 4.69) is 21.2 Å². The van der Waals surface area contributed by atoms with Gasteiger partial charge in [-0.05, 0) is 48.9 Å². The number of benzene rings is 2. The van der Waals surface area contributed by atoms with Crippen molar-refractivity contribution in [2.75, 3.05) is 5.32 Å². The summed E-state index contributed by atoms with van der Waals surface area (Å²) < 4.78 is 27.4. The van der Waals surface area contributed by atoms with Crippen LogP contribution in [0.2, 0.25) is 0 Å². The van der Waals surface area contributed by atoms with Gasteiger partial charge in [-0.25, -0.2) is 8.78 Å². The maximum Gasteiger partial charge on any atom is 0.128 e. The van der Waals surface area contributed by atoms with Gasteiger partial charge in [0, 0.05) is 22.3 Å². The summed E-state index contributed by atoms with van der Waals surface area (Å²) in [5, 5.41) is 3.07. The molecule has 0 radical (unpaired) electrons. The summed E-state index contributed by atoms with van der Waals surface area (Å²) in [5.41, 5.74) is 2.27. The van der Waals surface area contributed by atoms with E-state index in [1.807, 2.05) is 25.1 Å². The predicted octanol–water partition coefficient (Wildman–Crippen LogP) is 4.65. The van der Waals surface area contributed by atoms with Crippen molar-refractivity contribution in [1.29, 1.82) is 0 Å². The van der Waals surface area contributed by atoms with Crippen molar-refractivity contribution in [3.63, 3.8) is 0 Å². The molecule has 0 aliphatic rings. The second-order valence-electron chi connectivity index (χ2n) is 4.11. The topological polar surface area (TPSA) is 12.0 Å². The number of halogens is 3. The Labute approximate surface area is 113 Å². The number of nitrogens with one attached hydrogen (secondary N) is 1. The third kappa shape index (κ3) is 3.29. The first-order chi connectivity index (χ1) is 8.54. The quantitative estimate of drug-likeness (QED) is 0.870. The Kier molecular flexibility index (Phi) is 3.97. The largest absolute Gasteiger partial charge is 0.381 e. The Morgan fingerprint density at radius 3 is 2.61 bits per heavy atom. The summed E-state index contributed by atoms with van der Waals surface area (Å²) in [5.74, 6) is -0.839. The van der Waals surface area contributed by atoms with Crippen LogP contribution in [0.3, 0.4) is 0 Å².